The van der Waals surface area contributed by atoms with Gasteiger partial charge in [0.15, 0.2) is 0 Å². The molecular weight excluding hydrogens is 484 g/mol. The largest absolute Gasteiger partial charge is 0.303 e. The van der Waals surface area contributed by atoms with E-state index >= 15 is 0 Å². The number of benzene rings is 3. The summed E-state index contributed by atoms with van der Waals surface area (Å²) in [6.45, 7) is 10.0. The Morgan fingerprint density at radius 1 is 1.00 bits per heavy atom. The molecule has 1 aliphatic rings. The highest BCUT2D eigenvalue weighted by Crippen LogP contribution is 2.46. The lowest BCUT2D eigenvalue weighted by atomic mass is 9.89. The van der Waals surface area contributed by atoms with Crippen LogP contribution in [0, 0.1) is 6.92 Å². The Morgan fingerprint density at radius 2 is 1.82 bits per heavy atom. The minimum absolute atomic E-state index is 0.771. The zero-order valence-corrected chi connectivity index (χ0v) is 23.6. The summed E-state index contributed by atoms with van der Waals surface area (Å²) in [6.07, 6.45) is 8.88. The molecule has 0 fully saturated rings. The fourth-order valence-corrected chi connectivity index (χ4v) is 7.55. The van der Waals surface area contributed by atoms with Gasteiger partial charge in [0.05, 0.1) is 18.3 Å². The van der Waals surface area contributed by atoms with Crippen molar-refractivity contribution in [2.75, 3.05) is 0 Å². The van der Waals surface area contributed by atoms with E-state index in [1.807, 2.05) is 40.1 Å². The highest BCUT2D eigenvalue weighted by Gasteiger charge is 2.33. The highest BCUT2D eigenvalue weighted by atomic mass is 32.1. The number of aryl methyl sites for hydroxylation is 2. The third-order valence-electron chi connectivity index (χ3n) is 7.95. The maximum atomic E-state index is 9.45. The maximum Gasteiger partial charge on any atom is 0.294 e. The van der Waals surface area contributed by atoms with Crippen molar-refractivity contribution in [1.29, 1.82) is 0 Å². The number of hydrogen-bond acceptors (Lipinski definition) is 2. The Labute approximate surface area is 230 Å². The molecule has 4 heterocycles. The van der Waals surface area contributed by atoms with Gasteiger partial charge in [-0.25, -0.2) is 9.55 Å². The Bertz CT molecular complexity index is 1980. The van der Waals surface area contributed by atoms with Gasteiger partial charge in [0.1, 0.15) is 23.9 Å². The summed E-state index contributed by atoms with van der Waals surface area (Å²) >= 11 is 1.75. The van der Waals surface area contributed by atoms with E-state index < -0.39 is 11.8 Å². The van der Waals surface area contributed by atoms with Gasteiger partial charge in [0, 0.05) is 52.9 Å². The Morgan fingerprint density at radius 3 is 2.61 bits per heavy atom. The molecule has 3 aromatic carbocycles. The van der Waals surface area contributed by atoms with Crippen molar-refractivity contribution in [1.82, 2.24) is 14.1 Å². The first kappa shape index (κ1) is 21.3. The van der Waals surface area contributed by atoms with Gasteiger partial charge in [-0.1, -0.05) is 52.0 Å². The van der Waals surface area contributed by atoms with E-state index in [1.165, 1.54) is 32.5 Å². The minimum Gasteiger partial charge on any atom is -0.303 e. The Kier molecular flexibility index (Phi) is 4.70. The first-order valence-electron chi connectivity index (χ1n) is 14.2. The molecule has 0 spiro atoms. The van der Waals surface area contributed by atoms with Crippen LogP contribution in [0.1, 0.15) is 70.3 Å². The first-order chi connectivity index (χ1) is 18.9. The molecule has 1 aliphatic heterocycles. The van der Waals surface area contributed by atoms with E-state index in [9.17, 15) is 2.74 Å². The zero-order valence-electron chi connectivity index (χ0n) is 24.8. The standard InChI is InChI=1S/C33H33N4S/c1-19(2)23-17-24-22-9-7-8-10-27(22)38-32(24)29(20(3)4)31(23)37-16-15-35(6)33(37)30-21(5)11-12-26-25(30)18-28-34-13-14-36(26)28/h7-17,19-20H,18H2,1-6H3/q+1/i19D,20D. The smallest absolute Gasteiger partial charge is 0.294 e. The lowest BCUT2D eigenvalue weighted by Gasteiger charge is -2.20. The van der Waals surface area contributed by atoms with Gasteiger partial charge < -0.3 is 4.57 Å². The summed E-state index contributed by atoms with van der Waals surface area (Å²) < 4.78 is 27.7. The topological polar surface area (TPSA) is 26.6 Å². The monoisotopic (exact) mass is 519 g/mol. The van der Waals surface area contributed by atoms with Crippen LogP contribution < -0.4 is 4.57 Å². The number of aromatic nitrogens is 4. The third kappa shape index (κ3) is 3.21. The van der Waals surface area contributed by atoms with E-state index in [2.05, 4.69) is 87.5 Å². The van der Waals surface area contributed by atoms with E-state index in [0.717, 1.165) is 45.0 Å². The molecule has 0 saturated carbocycles. The summed E-state index contributed by atoms with van der Waals surface area (Å²) in [7, 11) is 2.09. The summed E-state index contributed by atoms with van der Waals surface area (Å²) in [5, 5.41) is 2.32. The minimum atomic E-state index is -0.897. The fraction of sp³-hybridized carbons (Fsp3) is 0.273. The van der Waals surface area contributed by atoms with Crippen LogP contribution in [-0.2, 0) is 13.5 Å². The van der Waals surface area contributed by atoms with Crippen LogP contribution in [0.25, 0.3) is 42.9 Å². The number of rotatable bonds is 4. The molecule has 7 rings (SSSR count). The molecule has 0 unspecified atom stereocenters. The molecule has 5 heteroatoms. The Hall–Kier alpha value is -3.70. The second-order valence-electron chi connectivity index (χ2n) is 10.9. The molecule has 0 saturated heterocycles. The predicted molar refractivity (Wildman–Crippen MR) is 158 cm³/mol. The van der Waals surface area contributed by atoms with Gasteiger partial charge in [0.25, 0.3) is 5.82 Å². The lowest BCUT2D eigenvalue weighted by molar-refractivity contribution is -0.659. The molecule has 0 bridgehead atoms. The van der Waals surface area contributed by atoms with Crippen LogP contribution in [0.15, 0.2) is 67.3 Å². The van der Waals surface area contributed by atoms with Crippen molar-refractivity contribution in [2.45, 2.75) is 52.8 Å². The average Bonchev–Trinajstić information content (AvgIpc) is 3.64. The predicted octanol–water partition coefficient (Wildman–Crippen LogP) is 7.98. The second kappa shape index (κ2) is 8.40. The molecule has 3 aromatic heterocycles. The summed E-state index contributed by atoms with van der Waals surface area (Å²) in [6, 6.07) is 15.1. The van der Waals surface area contributed by atoms with Gasteiger partial charge in [-0.05, 0) is 48.0 Å². The molecule has 0 radical (unpaired) electrons. The van der Waals surface area contributed by atoms with Crippen molar-refractivity contribution in [3.05, 3.63) is 95.3 Å². The third-order valence-corrected chi connectivity index (χ3v) is 9.16. The van der Waals surface area contributed by atoms with Gasteiger partial charge in [-0.15, -0.1) is 11.3 Å². The lowest BCUT2D eigenvalue weighted by Crippen LogP contribution is -2.30. The number of nitrogens with zero attached hydrogens (tertiary/aromatic N) is 4. The number of thiophene rings is 1. The molecule has 0 N–H and O–H groups in total. The number of fused-ring (bicyclic) bond motifs is 6. The van der Waals surface area contributed by atoms with Crippen LogP contribution >= 0.6 is 11.3 Å². The Balaban J connectivity index is 1.62. The van der Waals surface area contributed by atoms with Crippen molar-refractivity contribution in [3.8, 4) is 22.8 Å². The second-order valence-corrected chi connectivity index (χ2v) is 11.9. The molecule has 0 aliphatic carbocycles. The van der Waals surface area contributed by atoms with E-state index in [0.29, 0.717) is 0 Å². The van der Waals surface area contributed by atoms with Gasteiger partial charge in [-0.2, -0.15) is 4.57 Å². The summed E-state index contributed by atoms with van der Waals surface area (Å²) in [5.41, 5.74) is 7.66. The highest BCUT2D eigenvalue weighted by molar-refractivity contribution is 7.26. The van der Waals surface area contributed by atoms with Crippen LogP contribution in [0.4, 0.5) is 0 Å². The SMILES string of the molecule is [2H]C(C)(C)c1cc2c(sc3ccccc32)c(C([2H])(C)C)c1-n1cc[n+](C)c1-c1c(C)ccc2c1Cc1nccn1-2. The van der Waals surface area contributed by atoms with E-state index in [-0.39, 0.29) is 0 Å². The van der Waals surface area contributed by atoms with Crippen LogP contribution in [0.5, 0.6) is 0 Å². The fourth-order valence-electron chi connectivity index (χ4n) is 6.21. The van der Waals surface area contributed by atoms with Gasteiger partial charge in [-0.3, -0.25) is 0 Å². The van der Waals surface area contributed by atoms with Crippen molar-refractivity contribution >= 4 is 31.5 Å². The molecule has 6 aromatic rings. The number of imidazole rings is 2. The van der Waals surface area contributed by atoms with Crippen molar-refractivity contribution < 1.29 is 7.31 Å². The number of hydrogen-bond donors (Lipinski definition) is 0. The first-order valence-corrected chi connectivity index (χ1v) is 14.0. The van der Waals surface area contributed by atoms with Gasteiger partial charge in [0.2, 0.25) is 0 Å². The quantitative estimate of drug-likeness (QED) is 0.217. The van der Waals surface area contributed by atoms with Crippen molar-refractivity contribution in [3.63, 3.8) is 0 Å². The molecule has 190 valence electrons. The summed E-state index contributed by atoms with van der Waals surface area (Å²) in [5.74, 6) is 0.320. The van der Waals surface area contributed by atoms with E-state index in [4.69, 9.17) is 0 Å². The molecule has 0 amide bonds. The van der Waals surface area contributed by atoms with Crippen molar-refractivity contribution in [2.24, 2.45) is 7.05 Å². The van der Waals surface area contributed by atoms with Crippen LogP contribution in [0.3, 0.4) is 0 Å². The molecule has 38 heavy (non-hydrogen) atoms. The van der Waals surface area contributed by atoms with Gasteiger partial charge >= 0.3 is 0 Å². The zero-order chi connectivity index (χ0) is 28.1. The molecule has 0 atom stereocenters. The van der Waals surface area contributed by atoms with E-state index in [1.54, 1.807) is 11.3 Å². The summed E-state index contributed by atoms with van der Waals surface area (Å²) in [4.78, 5) is 4.62. The van der Waals surface area contributed by atoms with Crippen LogP contribution in [-0.4, -0.2) is 14.1 Å². The van der Waals surface area contributed by atoms with Crippen LogP contribution in [0.2, 0.25) is 0 Å². The molecular formula is C33H33N4S+. The molecule has 4 nitrogen and oxygen atoms in total. The average molecular weight is 520 g/mol. The normalized spacial score (nSPS) is 14.2. The maximum absolute atomic E-state index is 9.45.